The molecule has 27 heavy (non-hydrogen) atoms. The molecule has 1 amide bonds. The van der Waals surface area contributed by atoms with E-state index in [-0.39, 0.29) is 17.9 Å². The van der Waals surface area contributed by atoms with Crippen LogP contribution < -0.4 is 10.6 Å². The number of carbonyl (C=O) groups is 1. The molecule has 2 aromatic rings. The van der Waals surface area contributed by atoms with Crippen LogP contribution in [0.1, 0.15) is 53.2 Å². The van der Waals surface area contributed by atoms with Crippen molar-refractivity contribution in [2.45, 2.75) is 31.7 Å². The second kappa shape index (κ2) is 7.57. The van der Waals surface area contributed by atoms with Gasteiger partial charge in [-0.1, -0.05) is 60.5 Å². The zero-order valence-electron chi connectivity index (χ0n) is 15.1. The van der Waals surface area contributed by atoms with Gasteiger partial charge in [-0.25, -0.2) is 0 Å². The van der Waals surface area contributed by atoms with Gasteiger partial charge in [0.2, 0.25) is 0 Å². The molecule has 0 radical (unpaired) electrons. The maximum atomic E-state index is 12.7. The van der Waals surface area contributed by atoms with E-state index in [9.17, 15) is 4.79 Å². The van der Waals surface area contributed by atoms with Crippen LogP contribution in [0.15, 0.2) is 48.6 Å². The lowest BCUT2D eigenvalue weighted by molar-refractivity contribution is 0.0954. The third-order valence-corrected chi connectivity index (χ3v) is 6.04. The highest BCUT2D eigenvalue weighted by Gasteiger charge is 2.39. The molecule has 2 aliphatic rings. The SMILES string of the molecule is CCCNC(=O)c1cccc2c1NC(c1ccc(Cl)cc1Cl)C1CC=CC21. The number of rotatable bonds is 4. The number of nitrogens with one attached hydrogen (secondary N) is 2. The summed E-state index contributed by atoms with van der Waals surface area (Å²) in [5.41, 5.74) is 3.80. The predicted molar refractivity (Wildman–Crippen MR) is 112 cm³/mol. The Kier molecular flexibility index (Phi) is 5.16. The van der Waals surface area contributed by atoms with Crippen molar-refractivity contribution in [1.82, 2.24) is 5.32 Å². The lowest BCUT2D eigenvalue weighted by Gasteiger charge is -2.38. The Morgan fingerprint density at radius 3 is 2.85 bits per heavy atom. The minimum atomic E-state index is -0.0393. The van der Waals surface area contributed by atoms with E-state index >= 15 is 0 Å². The number of benzene rings is 2. The van der Waals surface area contributed by atoms with Crippen molar-refractivity contribution in [3.63, 3.8) is 0 Å². The summed E-state index contributed by atoms with van der Waals surface area (Å²) < 4.78 is 0. The molecule has 0 spiro atoms. The van der Waals surface area contributed by atoms with Crippen LogP contribution in [-0.2, 0) is 0 Å². The fourth-order valence-electron chi connectivity index (χ4n) is 4.21. The van der Waals surface area contributed by atoms with E-state index in [2.05, 4.69) is 28.9 Å². The first kappa shape index (κ1) is 18.4. The van der Waals surface area contributed by atoms with Crippen LogP contribution in [0.2, 0.25) is 10.0 Å². The molecular weight excluding hydrogens is 379 g/mol. The first-order chi connectivity index (χ1) is 13.1. The standard InChI is InChI=1S/C22H22Cl2N2O/c1-2-11-25-22(27)18-8-4-7-16-14-5-3-6-15(14)20(26-21(16)18)17-10-9-13(23)12-19(17)24/h3-5,7-10,12,14-15,20,26H,2,6,11H2,1H3,(H,25,27). The van der Waals surface area contributed by atoms with Crippen LogP contribution in [0.25, 0.3) is 0 Å². The molecule has 1 aliphatic heterocycles. The third kappa shape index (κ3) is 3.35. The summed E-state index contributed by atoms with van der Waals surface area (Å²) in [7, 11) is 0. The Bertz CT molecular complexity index is 909. The van der Waals surface area contributed by atoms with E-state index in [0.29, 0.717) is 28.1 Å². The third-order valence-electron chi connectivity index (χ3n) is 5.47. The smallest absolute Gasteiger partial charge is 0.253 e. The van der Waals surface area contributed by atoms with Crippen LogP contribution in [0, 0.1) is 5.92 Å². The normalized spacial score (nSPS) is 22.7. The molecule has 3 unspecified atom stereocenters. The quantitative estimate of drug-likeness (QED) is 0.621. The first-order valence-corrected chi connectivity index (χ1v) is 10.1. The number of anilines is 1. The van der Waals surface area contributed by atoms with Gasteiger partial charge in [0, 0.05) is 22.5 Å². The zero-order valence-corrected chi connectivity index (χ0v) is 16.6. The monoisotopic (exact) mass is 400 g/mol. The Labute approximate surface area is 169 Å². The summed E-state index contributed by atoms with van der Waals surface area (Å²) in [5, 5.41) is 7.91. The van der Waals surface area contributed by atoms with Gasteiger partial charge >= 0.3 is 0 Å². The Hall–Kier alpha value is -1.97. The van der Waals surface area contributed by atoms with E-state index in [0.717, 1.165) is 24.1 Å². The molecule has 3 atom stereocenters. The Morgan fingerprint density at radius 2 is 2.07 bits per heavy atom. The van der Waals surface area contributed by atoms with Crippen molar-refractivity contribution < 1.29 is 4.79 Å². The number of allylic oxidation sites excluding steroid dienone is 2. The van der Waals surface area contributed by atoms with Crippen LogP contribution >= 0.6 is 23.2 Å². The summed E-state index contributed by atoms with van der Waals surface area (Å²) in [5.74, 6) is 0.602. The second-order valence-corrected chi connectivity index (χ2v) is 8.01. The fraction of sp³-hybridized carbons (Fsp3) is 0.318. The molecule has 0 aromatic heterocycles. The summed E-state index contributed by atoms with van der Waals surface area (Å²) in [4.78, 5) is 12.7. The van der Waals surface area contributed by atoms with Gasteiger partial charge in [-0.15, -0.1) is 0 Å². The summed E-state index contributed by atoms with van der Waals surface area (Å²) >= 11 is 12.6. The van der Waals surface area contributed by atoms with Crippen LogP contribution in [0.3, 0.4) is 0 Å². The van der Waals surface area contributed by atoms with Crippen molar-refractivity contribution in [2.75, 3.05) is 11.9 Å². The van der Waals surface area contributed by atoms with E-state index in [1.807, 2.05) is 31.2 Å². The molecular formula is C22H22Cl2N2O. The molecule has 0 bridgehead atoms. The molecule has 2 aromatic carbocycles. The molecule has 4 rings (SSSR count). The van der Waals surface area contributed by atoms with Gasteiger partial charge in [-0.05, 0) is 48.1 Å². The molecule has 3 nitrogen and oxygen atoms in total. The Balaban J connectivity index is 1.77. The molecule has 1 aliphatic carbocycles. The molecule has 0 saturated carbocycles. The number of amides is 1. The van der Waals surface area contributed by atoms with Gasteiger partial charge in [0.15, 0.2) is 0 Å². The van der Waals surface area contributed by atoms with Gasteiger partial charge in [-0.2, -0.15) is 0 Å². The molecule has 0 saturated heterocycles. The van der Waals surface area contributed by atoms with E-state index in [1.54, 1.807) is 6.07 Å². The summed E-state index contributed by atoms with van der Waals surface area (Å²) in [6, 6.07) is 11.7. The van der Waals surface area contributed by atoms with Gasteiger partial charge in [0.1, 0.15) is 0 Å². The lowest BCUT2D eigenvalue weighted by atomic mass is 9.76. The average Bonchev–Trinajstić information content (AvgIpc) is 3.15. The second-order valence-electron chi connectivity index (χ2n) is 7.17. The van der Waals surface area contributed by atoms with Gasteiger partial charge < -0.3 is 10.6 Å². The first-order valence-electron chi connectivity index (χ1n) is 9.39. The number of hydrogen-bond donors (Lipinski definition) is 2. The van der Waals surface area contributed by atoms with Crippen LogP contribution in [0.5, 0.6) is 0 Å². The predicted octanol–water partition coefficient (Wildman–Crippen LogP) is 5.96. The molecule has 2 N–H and O–H groups in total. The highest BCUT2D eigenvalue weighted by molar-refractivity contribution is 6.35. The average molecular weight is 401 g/mol. The molecule has 140 valence electrons. The molecule has 1 heterocycles. The van der Waals surface area contributed by atoms with Crippen molar-refractivity contribution >= 4 is 34.8 Å². The van der Waals surface area contributed by atoms with Crippen LogP contribution in [0.4, 0.5) is 5.69 Å². The maximum absolute atomic E-state index is 12.7. The van der Waals surface area contributed by atoms with Crippen molar-refractivity contribution in [2.24, 2.45) is 5.92 Å². The van der Waals surface area contributed by atoms with E-state index < -0.39 is 0 Å². The maximum Gasteiger partial charge on any atom is 0.253 e. The number of hydrogen-bond acceptors (Lipinski definition) is 2. The summed E-state index contributed by atoms with van der Waals surface area (Å²) in [6.07, 6.45) is 6.37. The molecule has 5 heteroatoms. The lowest BCUT2D eigenvalue weighted by Crippen LogP contribution is -2.32. The van der Waals surface area contributed by atoms with Crippen molar-refractivity contribution in [3.05, 3.63) is 75.3 Å². The van der Waals surface area contributed by atoms with Gasteiger partial charge in [-0.3, -0.25) is 4.79 Å². The number of carbonyl (C=O) groups excluding carboxylic acids is 1. The van der Waals surface area contributed by atoms with Crippen molar-refractivity contribution in [3.8, 4) is 0 Å². The largest absolute Gasteiger partial charge is 0.377 e. The molecule has 0 fully saturated rings. The number of halogens is 2. The summed E-state index contributed by atoms with van der Waals surface area (Å²) in [6.45, 7) is 2.71. The number of para-hydroxylation sites is 1. The van der Waals surface area contributed by atoms with E-state index in [4.69, 9.17) is 23.2 Å². The van der Waals surface area contributed by atoms with Crippen LogP contribution in [-0.4, -0.2) is 12.5 Å². The minimum absolute atomic E-state index is 0.0300. The minimum Gasteiger partial charge on any atom is -0.377 e. The zero-order chi connectivity index (χ0) is 19.0. The van der Waals surface area contributed by atoms with Gasteiger partial charge in [0.25, 0.3) is 5.91 Å². The highest BCUT2D eigenvalue weighted by atomic mass is 35.5. The van der Waals surface area contributed by atoms with Gasteiger partial charge in [0.05, 0.1) is 17.3 Å². The highest BCUT2D eigenvalue weighted by Crippen LogP contribution is 2.51. The topological polar surface area (TPSA) is 41.1 Å². The Morgan fingerprint density at radius 1 is 1.22 bits per heavy atom. The van der Waals surface area contributed by atoms with Crippen molar-refractivity contribution in [1.29, 1.82) is 0 Å². The fourth-order valence-corrected chi connectivity index (χ4v) is 4.73. The number of fused-ring (bicyclic) bond motifs is 3. The van der Waals surface area contributed by atoms with E-state index in [1.165, 1.54) is 5.56 Å².